The molecule has 0 amide bonds. The van der Waals surface area contributed by atoms with Crippen LogP contribution in [0.15, 0.2) is 64.9 Å². The van der Waals surface area contributed by atoms with Gasteiger partial charge in [0.25, 0.3) is 0 Å². The van der Waals surface area contributed by atoms with Crippen LogP contribution in [0.1, 0.15) is 19.8 Å². The van der Waals surface area contributed by atoms with Gasteiger partial charge in [-0.15, -0.1) is 0 Å². The minimum atomic E-state index is 0.0990. The van der Waals surface area contributed by atoms with Crippen LogP contribution in [0, 0.1) is 5.41 Å². The van der Waals surface area contributed by atoms with E-state index < -0.39 is 0 Å². The fourth-order valence-electron chi connectivity index (χ4n) is 4.61. The second-order valence-electron chi connectivity index (χ2n) is 8.57. The first kappa shape index (κ1) is 21.6. The highest BCUT2D eigenvalue weighted by atomic mass is 35.5. The van der Waals surface area contributed by atoms with E-state index in [2.05, 4.69) is 26.8 Å². The van der Waals surface area contributed by atoms with Crippen LogP contribution in [0.2, 0.25) is 5.02 Å². The summed E-state index contributed by atoms with van der Waals surface area (Å²) in [7, 11) is 0. The Kier molecular flexibility index (Phi) is 6.07. The highest BCUT2D eigenvalue weighted by Gasteiger charge is 2.47. The number of pyridine rings is 1. The zero-order chi connectivity index (χ0) is 22.1. The van der Waals surface area contributed by atoms with Crippen LogP contribution in [0.25, 0.3) is 11.1 Å². The van der Waals surface area contributed by atoms with Crippen LogP contribution in [-0.2, 0) is 4.74 Å². The summed E-state index contributed by atoms with van der Waals surface area (Å²) in [5.74, 6) is 0.764. The SMILES string of the molecule is C[C@@H]1OCC2(CCN(c3ncc(Sc4cccc(-c5cccnc5)c4Cl)cn3)CC2)[C@H]1N. The Morgan fingerprint density at radius 3 is 2.56 bits per heavy atom. The Balaban J connectivity index is 1.26. The van der Waals surface area contributed by atoms with E-state index >= 15 is 0 Å². The quantitative estimate of drug-likeness (QED) is 0.597. The Labute approximate surface area is 197 Å². The molecule has 2 aliphatic rings. The van der Waals surface area contributed by atoms with E-state index in [0.29, 0.717) is 5.02 Å². The van der Waals surface area contributed by atoms with Crippen LogP contribution in [-0.4, -0.2) is 46.8 Å². The second kappa shape index (κ2) is 8.98. The van der Waals surface area contributed by atoms with Crippen LogP contribution in [0.5, 0.6) is 0 Å². The van der Waals surface area contributed by atoms with Gasteiger partial charge in [-0.05, 0) is 31.9 Å². The van der Waals surface area contributed by atoms with Gasteiger partial charge < -0.3 is 15.4 Å². The number of piperidine rings is 1. The summed E-state index contributed by atoms with van der Waals surface area (Å²) < 4.78 is 5.83. The topological polar surface area (TPSA) is 77.2 Å². The van der Waals surface area contributed by atoms with Gasteiger partial charge in [-0.1, -0.05) is 41.6 Å². The molecule has 2 fully saturated rings. The van der Waals surface area contributed by atoms with Crippen LogP contribution < -0.4 is 10.6 Å². The van der Waals surface area contributed by atoms with E-state index in [1.54, 1.807) is 18.0 Å². The number of halogens is 1. The number of nitrogens with zero attached hydrogens (tertiary/aromatic N) is 4. The fraction of sp³-hybridized carbons (Fsp3) is 0.375. The van der Waals surface area contributed by atoms with E-state index in [9.17, 15) is 0 Å². The third-order valence-electron chi connectivity index (χ3n) is 6.67. The van der Waals surface area contributed by atoms with Gasteiger partial charge >= 0.3 is 0 Å². The average molecular weight is 468 g/mol. The molecule has 2 saturated heterocycles. The molecule has 0 bridgehead atoms. The van der Waals surface area contributed by atoms with Gasteiger partial charge in [0.1, 0.15) is 0 Å². The molecule has 2 atom stereocenters. The maximum absolute atomic E-state index is 6.71. The first-order valence-corrected chi connectivity index (χ1v) is 12.1. The van der Waals surface area contributed by atoms with Crippen molar-refractivity contribution in [3.05, 3.63) is 60.1 Å². The van der Waals surface area contributed by atoms with Gasteiger partial charge in [0, 0.05) is 70.3 Å². The van der Waals surface area contributed by atoms with E-state index in [4.69, 9.17) is 22.1 Å². The monoisotopic (exact) mass is 467 g/mol. The summed E-state index contributed by atoms with van der Waals surface area (Å²) in [5.41, 5.74) is 8.49. The molecule has 0 aliphatic carbocycles. The van der Waals surface area contributed by atoms with Crippen molar-refractivity contribution in [1.82, 2.24) is 15.0 Å². The van der Waals surface area contributed by atoms with Crippen molar-refractivity contribution in [2.45, 2.75) is 41.7 Å². The first-order chi connectivity index (χ1) is 15.6. The molecule has 2 aromatic heterocycles. The summed E-state index contributed by atoms with van der Waals surface area (Å²) in [5, 5.41) is 0.709. The molecular formula is C24H26ClN5OS. The highest BCUT2D eigenvalue weighted by Crippen LogP contribution is 2.42. The highest BCUT2D eigenvalue weighted by molar-refractivity contribution is 7.99. The molecule has 1 aromatic carbocycles. The number of benzene rings is 1. The Morgan fingerprint density at radius 2 is 1.91 bits per heavy atom. The summed E-state index contributed by atoms with van der Waals surface area (Å²) in [6, 6.07) is 10.1. The summed E-state index contributed by atoms with van der Waals surface area (Å²) in [6.07, 6.45) is 9.48. The predicted octanol–water partition coefficient (Wildman–Crippen LogP) is 4.68. The molecule has 3 aromatic rings. The van der Waals surface area contributed by atoms with Crippen molar-refractivity contribution in [3.8, 4) is 11.1 Å². The number of anilines is 1. The van der Waals surface area contributed by atoms with Gasteiger partial charge in [-0.2, -0.15) is 0 Å². The summed E-state index contributed by atoms with van der Waals surface area (Å²) in [4.78, 5) is 17.6. The Hall–Kier alpha value is -2.19. The molecule has 2 aliphatic heterocycles. The van der Waals surface area contributed by atoms with Gasteiger partial charge in [0.2, 0.25) is 5.95 Å². The van der Waals surface area contributed by atoms with E-state index in [0.717, 1.165) is 59.4 Å². The van der Waals surface area contributed by atoms with Gasteiger partial charge in [-0.3, -0.25) is 4.98 Å². The fourth-order valence-corrected chi connectivity index (χ4v) is 5.77. The lowest BCUT2D eigenvalue weighted by atomic mass is 9.73. The summed E-state index contributed by atoms with van der Waals surface area (Å²) >= 11 is 8.27. The minimum absolute atomic E-state index is 0.0990. The molecule has 8 heteroatoms. The number of nitrogens with two attached hydrogens (primary N) is 1. The Bertz CT molecular complexity index is 1070. The van der Waals surface area contributed by atoms with Crippen molar-refractivity contribution < 1.29 is 4.74 Å². The van der Waals surface area contributed by atoms with E-state index in [1.165, 1.54) is 0 Å². The van der Waals surface area contributed by atoms with Crippen LogP contribution >= 0.6 is 23.4 Å². The van der Waals surface area contributed by atoms with Gasteiger partial charge in [0.15, 0.2) is 0 Å². The van der Waals surface area contributed by atoms with Crippen molar-refractivity contribution >= 4 is 29.3 Å². The lowest BCUT2D eigenvalue weighted by Crippen LogP contribution is -2.50. The zero-order valence-corrected chi connectivity index (χ0v) is 19.5. The minimum Gasteiger partial charge on any atom is -0.376 e. The number of hydrogen-bond donors (Lipinski definition) is 1. The Morgan fingerprint density at radius 1 is 1.12 bits per heavy atom. The smallest absolute Gasteiger partial charge is 0.225 e. The van der Waals surface area contributed by atoms with Crippen LogP contribution in [0.4, 0.5) is 5.95 Å². The zero-order valence-electron chi connectivity index (χ0n) is 17.9. The first-order valence-electron chi connectivity index (χ1n) is 10.9. The second-order valence-corrected chi connectivity index (χ2v) is 10.1. The van der Waals surface area contributed by atoms with Crippen molar-refractivity contribution in [1.29, 1.82) is 0 Å². The van der Waals surface area contributed by atoms with Gasteiger partial charge in [-0.25, -0.2) is 9.97 Å². The number of hydrogen-bond acceptors (Lipinski definition) is 7. The number of aromatic nitrogens is 3. The molecule has 6 nitrogen and oxygen atoms in total. The normalized spacial score (nSPS) is 22.4. The third kappa shape index (κ3) is 4.10. The lowest BCUT2D eigenvalue weighted by molar-refractivity contribution is 0.0973. The van der Waals surface area contributed by atoms with Crippen molar-refractivity contribution in [2.75, 3.05) is 24.6 Å². The lowest BCUT2D eigenvalue weighted by Gasteiger charge is -2.41. The molecule has 4 heterocycles. The predicted molar refractivity (Wildman–Crippen MR) is 128 cm³/mol. The maximum Gasteiger partial charge on any atom is 0.225 e. The van der Waals surface area contributed by atoms with E-state index in [1.807, 2.05) is 48.9 Å². The average Bonchev–Trinajstić information content (AvgIpc) is 3.10. The largest absolute Gasteiger partial charge is 0.376 e. The standard InChI is InChI=1S/C24H26ClN5OS/c1-16-22(26)24(15-31-16)7-10-30(11-8-24)23-28-13-18(14-29-23)32-20-6-2-5-19(21(20)25)17-4-3-9-27-12-17/h2-6,9,12-14,16,22H,7-8,10-11,15,26H2,1H3/t16-,22-/m0/s1. The van der Waals surface area contributed by atoms with Crippen molar-refractivity contribution in [3.63, 3.8) is 0 Å². The van der Waals surface area contributed by atoms with Crippen LogP contribution in [0.3, 0.4) is 0 Å². The van der Waals surface area contributed by atoms with Crippen molar-refractivity contribution in [2.24, 2.45) is 11.1 Å². The maximum atomic E-state index is 6.71. The number of rotatable bonds is 4. The molecule has 2 N–H and O–H groups in total. The molecular weight excluding hydrogens is 442 g/mol. The molecule has 0 unspecified atom stereocenters. The molecule has 1 spiro atoms. The van der Waals surface area contributed by atoms with E-state index in [-0.39, 0.29) is 17.6 Å². The third-order valence-corrected chi connectivity index (χ3v) is 8.19. The molecule has 166 valence electrons. The van der Waals surface area contributed by atoms with Gasteiger partial charge in [0.05, 0.1) is 17.7 Å². The molecule has 5 rings (SSSR count). The number of ether oxygens (including phenoxy) is 1. The summed E-state index contributed by atoms with van der Waals surface area (Å²) in [6.45, 7) is 4.63. The molecule has 0 radical (unpaired) electrons. The molecule has 32 heavy (non-hydrogen) atoms. The molecule has 0 saturated carbocycles.